The number of sulfonamides is 2. The van der Waals surface area contributed by atoms with E-state index in [0.717, 1.165) is 22.0 Å². The third-order valence-corrected chi connectivity index (χ3v) is 8.99. The normalized spacial score (nSPS) is 14.1. The maximum atomic E-state index is 13.4. The van der Waals surface area contributed by atoms with Crippen LogP contribution in [0.1, 0.15) is 16.8 Å². The number of alkyl halides is 3. The number of benzene rings is 3. The molecule has 5 rings (SSSR count). The second-order valence-electron chi connectivity index (χ2n) is 8.56. The molecule has 1 aromatic heterocycles. The molecule has 0 saturated heterocycles. The lowest BCUT2D eigenvalue weighted by Crippen LogP contribution is -2.27. The Kier molecular flexibility index (Phi) is 9.08. The first kappa shape index (κ1) is 29.2. The Balaban J connectivity index is 0.000000826. The lowest BCUT2D eigenvalue weighted by Gasteiger charge is -2.19. The largest absolute Gasteiger partial charge is 0.354 e. The van der Waals surface area contributed by atoms with Crippen molar-refractivity contribution in [3.05, 3.63) is 102 Å². The highest BCUT2D eigenvalue weighted by Gasteiger charge is 2.27. The van der Waals surface area contributed by atoms with Crippen LogP contribution in [0.15, 0.2) is 99.3 Å². The van der Waals surface area contributed by atoms with Crippen molar-refractivity contribution >= 4 is 77.5 Å². The molecule has 0 amide bonds. The Bertz CT molecular complexity index is 1730. The van der Waals surface area contributed by atoms with Crippen molar-refractivity contribution in [3.8, 4) is 0 Å². The minimum Gasteiger partial charge on any atom is -0.354 e. The molecule has 0 unspecified atom stereocenters. The first-order chi connectivity index (χ1) is 18.5. The number of para-hydroxylation sites is 1. The number of nitrogens with zero attached hydrogens (tertiary/aromatic N) is 2. The van der Waals surface area contributed by atoms with Crippen molar-refractivity contribution in [2.24, 2.45) is 4.40 Å². The maximum Gasteiger partial charge on any atom is 0.282 e. The van der Waals surface area contributed by atoms with Crippen LogP contribution in [-0.2, 0) is 26.5 Å². The van der Waals surface area contributed by atoms with Gasteiger partial charge in [0.25, 0.3) is 20.0 Å². The molecule has 204 valence electrons. The van der Waals surface area contributed by atoms with E-state index in [1.165, 1.54) is 28.9 Å². The van der Waals surface area contributed by atoms with Crippen LogP contribution in [0, 0.1) is 6.92 Å². The lowest BCUT2D eigenvalue weighted by molar-refractivity contribution is 0.503. The molecule has 39 heavy (non-hydrogen) atoms. The van der Waals surface area contributed by atoms with Gasteiger partial charge in [-0.3, -0.25) is 4.31 Å². The van der Waals surface area contributed by atoms with Crippen molar-refractivity contribution in [2.75, 3.05) is 6.54 Å². The van der Waals surface area contributed by atoms with Gasteiger partial charge in [-0.15, -0.1) is 0 Å². The minimum absolute atomic E-state index is 0.0687. The zero-order valence-electron chi connectivity index (χ0n) is 20.6. The van der Waals surface area contributed by atoms with Crippen molar-refractivity contribution in [2.45, 2.75) is 27.4 Å². The summed E-state index contributed by atoms with van der Waals surface area (Å²) in [4.78, 5) is 3.56. The average Bonchev–Trinajstić information content (AvgIpc) is 3.16. The molecular formula is C27H24Cl3N3O4S2. The number of hydrogen-bond acceptors (Lipinski definition) is 4. The SMILES string of the molecule is Cc1ccc(S(=O)(=O)/N=C/C2=CN(S(=O)(=O)c3ccccc3)CCc3c2[nH]c2ccccc32)cc1.ClC(Cl)Cl. The van der Waals surface area contributed by atoms with Gasteiger partial charge in [-0.25, -0.2) is 8.42 Å². The summed E-state index contributed by atoms with van der Waals surface area (Å²) in [5, 5.41) is 0.960. The van der Waals surface area contributed by atoms with E-state index < -0.39 is 24.3 Å². The van der Waals surface area contributed by atoms with Crippen LogP contribution in [0.25, 0.3) is 16.5 Å². The van der Waals surface area contributed by atoms with Crippen molar-refractivity contribution in [1.29, 1.82) is 0 Å². The van der Waals surface area contributed by atoms with Crippen LogP contribution in [-0.4, -0.2) is 43.2 Å². The van der Waals surface area contributed by atoms with Gasteiger partial charge < -0.3 is 4.98 Å². The summed E-state index contributed by atoms with van der Waals surface area (Å²) in [5.74, 6) is 0. The Morgan fingerprint density at radius 1 is 0.872 bits per heavy atom. The summed E-state index contributed by atoms with van der Waals surface area (Å²) in [5.41, 5.74) is 3.75. The fourth-order valence-corrected chi connectivity index (χ4v) is 6.33. The van der Waals surface area contributed by atoms with Gasteiger partial charge in [0, 0.05) is 29.2 Å². The molecule has 0 radical (unpaired) electrons. The van der Waals surface area contributed by atoms with Crippen LogP contribution >= 0.6 is 34.8 Å². The van der Waals surface area contributed by atoms with Gasteiger partial charge in [0.2, 0.25) is 0 Å². The predicted molar refractivity (Wildman–Crippen MR) is 159 cm³/mol. The zero-order valence-corrected chi connectivity index (χ0v) is 24.5. The fourth-order valence-electron chi connectivity index (χ4n) is 4.12. The van der Waals surface area contributed by atoms with Gasteiger partial charge in [-0.05, 0) is 49.2 Å². The molecule has 1 N–H and O–H groups in total. The van der Waals surface area contributed by atoms with E-state index in [9.17, 15) is 16.8 Å². The van der Waals surface area contributed by atoms with Gasteiger partial charge in [-0.2, -0.15) is 12.8 Å². The van der Waals surface area contributed by atoms with E-state index in [0.29, 0.717) is 17.7 Å². The molecule has 0 bridgehead atoms. The topological polar surface area (TPSA) is 99.7 Å². The van der Waals surface area contributed by atoms with Crippen molar-refractivity contribution in [3.63, 3.8) is 0 Å². The van der Waals surface area contributed by atoms with E-state index in [2.05, 4.69) is 9.38 Å². The minimum atomic E-state index is -3.98. The number of aromatic amines is 1. The Morgan fingerprint density at radius 3 is 2.15 bits per heavy atom. The summed E-state index contributed by atoms with van der Waals surface area (Å²) in [6.45, 7) is 2.07. The molecule has 0 atom stereocenters. The number of aromatic nitrogens is 1. The number of nitrogens with one attached hydrogen (secondary N) is 1. The van der Waals surface area contributed by atoms with Crippen molar-refractivity contribution < 1.29 is 16.8 Å². The van der Waals surface area contributed by atoms with Gasteiger partial charge in [0.15, 0.2) is 4.30 Å². The number of halogens is 3. The van der Waals surface area contributed by atoms with E-state index in [-0.39, 0.29) is 16.3 Å². The summed E-state index contributed by atoms with van der Waals surface area (Å²) in [6.07, 6.45) is 3.13. The Morgan fingerprint density at radius 2 is 1.49 bits per heavy atom. The molecule has 0 saturated carbocycles. The fraction of sp³-hybridized carbons (Fsp3) is 0.148. The molecule has 4 aromatic rings. The summed E-state index contributed by atoms with van der Waals surface area (Å²) in [6, 6.07) is 22.3. The lowest BCUT2D eigenvalue weighted by atomic mass is 10.1. The summed E-state index contributed by atoms with van der Waals surface area (Å²) < 4.78 is 57.0. The Labute approximate surface area is 242 Å². The Hall–Kier alpha value is -2.82. The molecule has 2 heterocycles. The van der Waals surface area contributed by atoms with Crippen LogP contribution < -0.4 is 0 Å². The standard InChI is InChI=1S/C26H23N3O4S2.CHCl3/c1-19-11-13-21(14-12-19)34(30,31)27-17-20-18-29(35(32,33)22-7-3-2-4-8-22)16-15-24-23-9-5-6-10-25(23)28-26(20)24;2-1(3)4/h2-14,17-18,28H,15-16H2,1H3;1H/b27-17+;. The number of fused-ring (bicyclic) bond motifs is 3. The van der Waals surface area contributed by atoms with Crippen LogP contribution in [0.5, 0.6) is 0 Å². The van der Waals surface area contributed by atoms with Gasteiger partial charge in [-0.1, -0.05) is 88.9 Å². The average molecular weight is 625 g/mol. The molecule has 0 fully saturated rings. The molecule has 0 aliphatic carbocycles. The molecule has 12 heteroatoms. The maximum absolute atomic E-state index is 13.4. The van der Waals surface area contributed by atoms with E-state index in [1.54, 1.807) is 42.5 Å². The van der Waals surface area contributed by atoms with E-state index >= 15 is 0 Å². The van der Waals surface area contributed by atoms with Gasteiger partial charge in [0.05, 0.1) is 21.7 Å². The highest BCUT2D eigenvalue weighted by molar-refractivity contribution is 7.90. The molecule has 1 aliphatic heterocycles. The summed E-state index contributed by atoms with van der Waals surface area (Å²) in [7, 11) is -7.83. The molecule has 1 aliphatic rings. The number of allylic oxidation sites excluding steroid dienone is 1. The smallest absolute Gasteiger partial charge is 0.282 e. The molecule has 3 aromatic carbocycles. The predicted octanol–water partition coefficient (Wildman–Crippen LogP) is 6.51. The molecule has 0 spiro atoms. The van der Waals surface area contributed by atoms with Gasteiger partial charge in [0.1, 0.15) is 0 Å². The number of hydrogen-bond donors (Lipinski definition) is 1. The highest BCUT2D eigenvalue weighted by atomic mass is 35.6. The van der Waals surface area contributed by atoms with E-state index in [4.69, 9.17) is 34.8 Å². The van der Waals surface area contributed by atoms with E-state index in [1.807, 2.05) is 31.2 Å². The first-order valence-electron chi connectivity index (χ1n) is 11.7. The van der Waals surface area contributed by atoms with Gasteiger partial charge >= 0.3 is 0 Å². The summed E-state index contributed by atoms with van der Waals surface area (Å²) >= 11 is 14.4. The third-order valence-electron chi connectivity index (χ3n) is 5.97. The quantitative estimate of drug-likeness (QED) is 0.202. The van der Waals surface area contributed by atoms with Crippen LogP contribution in [0.2, 0.25) is 0 Å². The third kappa shape index (κ3) is 6.85. The molecule has 7 nitrogen and oxygen atoms in total. The number of rotatable bonds is 5. The highest BCUT2D eigenvalue weighted by Crippen LogP contribution is 2.32. The second-order valence-corrected chi connectivity index (χ2v) is 14.1. The number of H-pyrrole nitrogens is 1. The zero-order chi connectivity index (χ0) is 28.2. The monoisotopic (exact) mass is 623 g/mol. The second kappa shape index (κ2) is 12.1. The van der Waals surface area contributed by atoms with Crippen LogP contribution in [0.4, 0.5) is 0 Å². The first-order valence-corrected chi connectivity index (χ1v) is 15.9. The van der Waals surface area contributed by atoms with Crippen LogP contribution in [0.3, 0.4) is 0 Å². The van der Waals surface area contributed by atoms with Crippen molar-refractivity contribution in [1.82, 2.24) is 9.29 Å². The number of aryl methyl sites for hydroxylation is 1. The molecular weight excluding hydrogens is 601 g/mol.